The van der Waals surface area contributed by atoms with E-state index in [1.54, 1.807) is 17.4 Å². The number of aryl methyl sites for hydroxylation is 2. The minimum Gasteiger partial charge on any atom is -0.211 e. The Hall–Kier alpha value is -0.920. The van der Waals surface area contributed by atoms with Crippen LogP contribution in [0.2, 0.25) is 0 Å². The van der Waals surface area contributed by atoms with Gasteiger partial charge in [-0.3, -0.25) is 0 Å². The van der Waals surface area contributed by atoms with Crippen molar-refractivity contribution in [3.8, 4) is 0 Å². The smallest absolute Gasteiger partial charge is 0.211 e. The zero-order chi connectivity index (χ0) is 8.97. The van der Waals surface area contributed by atoms with Crippen LogP contribution in [0, 0.1) is 0 Å². The summed E-state index contributed by atoms with van der Waals surface area (Å²) in [6, 6.07) is 1.97. The minimum absolute atomic E-state index is 0.800. The molecule has 0 aliphatic carbocycles. The number of carbonyl (C=O) groups excluding carboxylic acids is 1. The first-order valence-corrected chi connectivity index (χ1v) is 4.82. The summed E-state index contributed by atoms with van der Waals surface area (Å²) in [5.41, 5.74) is 0.800. The Morgan fingerprint density at radius 1 is 1.50 bits per heavy atom. The van der Waals surface area contributed by atoms with Gasteiger partial charge in [-0.2, -0.15) is 4.99 Å². The summed E-state index contributed by atoms with van der Waals surface area (Å²) >= 11 is 1.73. The van der Waals surface area contributed by atoms with Gasteiger partial charge in [0, 0.05) is 9.75 Å². The lowest BCUT2D eigenvalue weighted by Crippen LogP contribution is -1.69. The van der Waals surface area contributed by atoms with Gasteiger partial charge >= 0.3 is 0 Å². The van der Waals surface area contributed by atoms with Crippen LogP contribution in [-0.4, -0.2) is 6.08 Å². The second-order valence-corrected chi connectivity index (χ2v) is 3.65. The highest BCUT2D eigenvalue weighted by molar-refractivity contribution is 7.12. The summed E-state index contributed by atoms with van der Waals surface area (Å²) in [5.74, 6) is 0. The molecule has 0 fully saturated rings. The van der Waals surface area contributed by atoms with Crippen molar-refractivity contribution < 1.29 is 4.79 Å². The van der Waals surface area contributed by atoms with Gasteiger partial charge < -0.3 is 0 Å². The van der Waals surface area contributed by atoms with E-state index >= 15 is 0 Å². The Morgan fingerprint density at radius 3 is 2.75 bits per heavy atom. The molecule has 0 bridgehead atoms. The molecular weight excluding hydrogens is 170 g/mol. The maximum Gasteiger partial charge on any atom is 0.240 e. The lowest BCUT2D eigenvalue weighted by Gasteiger charge is -1.87. The first kappa shape index (κ1) is 9.17. The molecule has 0 unspecified atom stereocenters. The third-order valence-electron chi connectivity index (χ3n) is 1.67. The van der Waals surface area contributed by atoms with Crippen molar-refractivity contribution >= 4 is 23.1 Å². The maximum atomic E-state index is 10.1. The molecule has 0 aliphatic rings. The van der Waals surface area contributed by atoms with E-state index in [9.17, 15) is 4.79 Å². The normalized spacial score (nSPS) is 9.50. The van der Waals surface area contributed by atoms with Crippen molar-refractivity contribution in [3.63, 3.8) is 0 Å². The predicted octanol–water partition coefficient (Wildman–Crippen LogP) is 2.84. The van der Waals surface area contributed by atoms with Gasteiger partial charge in [0.25, 0.3) is 0 Å². The molecule has 0 saturated carbocycles. The first-order valence-electron chi connectivity index (χ1n) is 4.01. The monoisotopic (exact) mass is 181 g/mol. The lowest BCUT2D eigenvalue weighted by atomic mass is 10.3. The molecule has 64 valence electrons. The zero-order valence-corrected chi connectivity index (χ0v) is 8.07. The summed E-state index contributed by atoms with van der Waals surface area (Å²) in [7, 11) is 0. The number of isocyanates is 1. The van der Waals surface area contributed by atoms with E-state index in [0.717, 1.165) is 18.5 Å². The average molecular weight is 181 g/mol. The van der Waals surface area contributed by atoms with Crippen molar-refractivity contribution in [1.82, 2.24) is 0 Å². The van der Waals surface area contributed by atoms with Crippen molar-refractivity contribution in [2.45, 2.75) is 26.7 Å². The van der Waals surface area contributed by atoms with Crippen LogP contribution >= 0.6 is 11.3 Å². The van der Waals surface area contributed by atoms with Crippen LogP contribution in [0.4, 0.5) is 5.69 Å². The number of hydrogen-bond acceptors (Lipinski definition) is 3. The second-order valence-electron chi connectivity index (χ2n) is 2.43. The molecule has 0 spiro atoms. The van der Waals surface area contributed by atoms with Gasteiger partial charge in [0.15, 0.2) is 0 Å². The maximum absolute atomic E-state index is 10.1. The number of thiophene rings is 1. The largest absolute Gasteiger partial charge is 0.240 e. The summed E-state index contributed by atoms with van der Waals surface area (Å²) in [6.45, 7) is 4.16. The summed E-state index contributed by atoms with van der Waals surface area (Å²) in [4.78, 5) is 16.2. The molecule has 1 aromatic rings. The highest BCUT2D eigenvalue weighted by Crippen LogP contribution is 2.29. The second kappa shape index (κ2) is 4.19. The molecule has 0 N–H and O–H groups in total. The fraction of sp³-hybridized carbons (Fsp3) is 0.444. The summed E-state index contributed by atoms with van der Waals surface area (Å²) < 4.78 is 0. The molecule has 0 aromatic carbocycles. The van der Waals surface area contributed by atoms with Crippen LogP contribution in [0.25, 0.3) is 0 Å². The van der Waals surface area contributed by atoms with Gasteiger partial charge in [-0.1, -0.05) is 13.8 Å². The molecule has 0 saturated heterocycles. The fourth-order valence-corrected chi connectivity index (χ4v) is 2.03. The lowest BCUT2D eigenvalue weighted by molar-refractivity contribution is 0.565. The molecule has 0 atom stereocenters. The molecule has 1 heterocycles. The number of nitrogens with zero attached hydrogens (tertiary/aromatic N) is 1. The van der Waals surface area contributed by atoms with Gasteiger partial charge in [-0.05, 0) is 18.9 Å². The van der Waals surface area contributed by atoms with Gasteiger partial charge in [-0.15, -0.1) is 11.3 Å². The van der Waals surface area contributed by atoms with Crippen molar-refractivity contribution in [1.29, 1.82) is 0 Å². The molecule has 0 aliphatic heterocycles. The van der Waals surface area contributed by atoms with Gasteiger partial charge in [0.1, 0.15) is 0 Å². The van der Waals surface area contributed by atoms with E-state index in [0.29, 0.717) is 0 Å². The van der Waals surface area contributed by atoms with Crippen molar-refractivity contribution in [2.24, 2.45) is 4.99 Å². The van der Waals surface area contributed by atoms with Gasteiger partial charge in [0.2, 0.25) is 6.08 Å². The number of rotatable bonds is 3. The Balaban J connectivity index is 3.07. The average Bonchev–Trinajstić information content (AvgIpc) is 2.48. The van der Waals surface area contributed by atoms with Gasteiger partial charge in [-0.25, -0.2) is 4.79 Å². The Morgan fingerprint density at radius 2 is 2.25 bits per heavy atom. The van der Waals surface area contributed by atoms with Crippen LogP contribution in [-0.2, 0) is 17.6 Å². The highest BCUT2D eigenvalue weighted by atomic mass is 32.1. The summed E-state index contributed by atoms with van der Waals surface area (Å²) in [5, 5.41) is 0. The van der Waals surface area contributed by atoms with E-state index < -0.39 is 0 Å². The first-order chi connectivity index (χ1) is 5.81. The molecule has 12 heavy (non-hydrogen) atoms. The van der Waals surface area contributed by atoms with E-state index in [1.165, 1.54) is 9.75 Å². The van der Waals surface area contributed by atoms with Crippen LogP contribution < -0.4 is 0 Å². The fourth-order valence-electron chi connectivity index (χ4n) is 1.04. The van der Waals surface area contributed by atoms with Gasteiger partial charge in [0.05, 0.1) is 5.69 Å². The van der Waals surface area contributed by atoms with Crippen LogP contribution in [0.15, 0.2) is 11.1 Å². The third kappa shape index (κ3) is 1.81. The highest BCUT2D eigenvalue weighted by Gasteiger charge is 2.04. The van der Waals surface area contributed by atoms with Crippen LogP contribution in [0.1, 0.15) is 23.6 Å². The van der Waals surface area contributed by atoms with Crippen molar-refractivity contribution in [3.05, 3.63) is 15.8 Å². The molecule has 0 radical (unpaired) electrons. The van der Waals surface area contributed by atoms with E-state index in [-0.39, 0.29) is 0 Å². The Kier molecular flexibility index (Phi) is 3.20. The number of hydrogen-bond donors (Lipinski definition) is 0. The number of aliphatic imine (C=N–C) groups is 1. The molecule has 2 nitrogen and oxygen atoms in total. The topological polar surface area (TPSA) is 29.4 Å². The SMILES string of the molecule is CCc1cc(N=C=O)c(CC)s1. The quantitative estimate of drug-likeness (QED) is 0.520. The molecule has 1 aromatic heterocycles. The molecule has 3 heteroatoms. The Labute approximate surface area is 76.0 Å². The Bertz CT molecular complexity index is 310. The van der Waals surface area contributed by atoms with E-state index in [1.807, 2.05) is 6.07 Å². The minimum atomic E-state index is 0.800. The summed E-state index contributed by atoms with van der Waals surface area (Å²) in [6.07, 6.45) is 3.52. The zero-order valence-electron chi connectivity index (χ0n) is 7.26. The van der Waals surface area contributed by atoms with Crippen LogP contribution in [0.3, 0.4) is 0 Å². The third-order valence-corrected chi connectivity index (χ3v) is 3.09. The van der Waals surface area contributed by atoms with E-state index in [4.69, 9.17) is 0 Å². The van der Waals surface area contributed by atoms with Crippen LogP contribution in [0.5, 0.6) is 0 Å². The molecular formula is C9H11NOS. The molecule has 0 amide bonds. The standard InChI is InChI=1S/C9H11NOS/c1-3-7-5-8(10-6-11)9(4-2)12-7/h5H,3-4H2,1-2H3. The molecule has 1 rings (SSSR count). The predicted molar refractivity (Wildman–Crippen MR) is 50.9 cm³/mol. The van der Waals surface area contributed by atoms with E-state index in [2.05, 4.69) is 18.8 Å². The van der Waals surface area contributed by atoms with Crippen molar-refractivity contribution in [2.75, 3.05) is 0 Å².